The smallest absolute Gasteiger partial charge is 0.350 e. The second-order valence-electron chi connectivity index (χ2n) is 14.2. The topological polar surface area (TPSA) is 244 Å². The summed E-state index contributed by atoms with van der Waals surface area (Å²) < 4.78 is 3.98. The minimum atomic E-state index is -1.83. The van der Waals surface area contributed by atoms with Gasteiger partial charge >= 0.3 is 5.97 Å². The summed E-state index contributed by atoms with van der Waals surface area (Å²) in [6, 6.07) is 12.8. The van der Waals surface area contributed by atoms with Crippen LogP contribution in [0.2, 0.25) is 4.34 Å². The first-order chi connectivity index (χ1) is 27.2. The fraction of sp³-hybridized carbons (Fsp3) is 0.351. The fourth-order valence-corrected chi connectivity index (χ4v) is 9.05. The summed E-state index contributed by atoms with van der Waals surface area (Å²) in [6.45, 7) is 5.02. The van der Waals surface area contributed by atoms with Crippen LogP contribution in [0.25, 0.3) is 11.0 Å². The lowest BCUT2D eigenvalue weighted by Gasteiger charge is -2.50. The molecule has 6 heterocycles. The van der Waals surface area contributed by atoms with E-state index in [4.69, 9.17) is 27.6 Å². The van der Waals surface area contributed by atoms with E-state index in [-0.39, 0.29) is 39.2 Å². The molecule has 57 heavy (non-hydrogen) atoms. The number of nitrogens with two attached hydrogens (primary N) is 1. The molecule has 298 valence electrons. The van der Waals surface area contributed by atoms with Gasteiger partial charge in [0.25, 0.3) is 11.8 Å². The molecule has 0 spiro atoms. The largest absolute Gasteiger partial charge is 0.543 e. The van der Waals surface area contributed by atoms with Crippen molar-refractivity contribution in [2.24, 2.45) is 5.16 Å². The Hall–Kier alpha value is -5.50. The molecule has 7 N–H and O–H groups in total. The average Bonchev–Trinajstić information content (AvgIpc) is 3.75. The third kappa shape index (κ3) is 8.18. The number of thiazole rings is 1. The second-order valence-corrected chi connectivity index (χ2v) is 17.0. The third-order valence-corrected chi connectivity index (χ3v) is 12.3. The number of thioether (sulfide) groups is 1. The molecule has 3 atom stereocenters. The van der Waals surface area contributed by atoms with Gasteiger partial charge in [0.1, 0.15) is 32.8 Å². The zero-order chi connectivity index (χ0) is 40.6. The van der Waals surface area contributed by atoms with Gasteiger partial charge in [-0.1, -0.05) is 52.4 Å². The van der Waals surface area contributed by atoms with Gasteiger partial charge in [0.15, 0.2) is 23.6 Å². The van der Waals surface area contributed by atoms with Gasteiger partial charge in [-0.15, -0.1) is 11.8 Å². The number of nitrogen functional groups attached to an aromatic ring is 1. The van der Waals surface area contributed by atoms with E-state index < -0.39 is 46.5 Å². The number of fused-ring (bicyclic) bond motifs is 2. The van der Waals surface area contributed by atoms with E-state index in [2.05, 4.69) is 30.7 Å². The number of piperidine rings is 1. The molecule has 3 aromatic heterocycles. The standard InChI is InChI=1S/C37H39ClN10O7S2/c1-37(2,35(53)54)55-45-26(25-29(38)57-36(40)44-25)31(49)43-27-32(50)48-28(34(51)52)21(18-56-33(27)48)17-46-13-4-6-23-24(46)11-14-47(23)16-19-7-9-20(10-8-19)30(39)42-22-5-3-12-41-15-22/h4,6-11,13-14,22,27,33,41H,3,5,12,15-18H2,1-2H3,(H6-,39,40,42,43,44,49,51,52,53,54)/b45-26-/t22?,27-,33-/m1/s1. The summed E-state index contributed by atoms with van der Waals surface area (Å²) in [7, 11) is 0. The molecule has 2 fully saturated rings. The summed E-state index contributed by atoms with van der Waals surface area (Å²) in [6.07, 6.45) is 5.91. The Bertz CT molecular complexity index is 2340. The summed E-state index contributed by atoms with van der Waals surface area (Å²) in [4.78, 5) is 61.6. The van der Waals surface area contributed by atoms with Crippen molar-refractivity contribution in [3.63, 3.8) is 0 Å². The summed E-state index contributed by atoms with van der Waals surface area (Å²) >= 11 is 8.36. The van der Waals surface area contributed by atoms with Crippen molar-refractivity contribution < 1.29 is 38.8 Å². The van der Waals surface area contributed by atoms with Crippen molar-refractivity contribution in [1.29, 1.82) is 5.41 Å². The first kappa shape index (κ1) is 39.7. The molecule has 1 unspecified atom stereocenters. The van der Waals surface area contributed by atoms with E-state index in [0.29, 0.717) is 18.0 Å². The van der Waals surface area contributed by atoms with E-state index >= 15 is 0 Å². The van der Waals surface area contributed by atoms with Crippen LogP contribution in [-0.4, -0.2) is 96.8 Å². The molecule has 0 aliphatic carbocycles. The molecule has 3 aliphatic heterocycles. The predicted molar refractivity (Wildman–Crippen MR) is 211 cm³/mol. The van der Waals surface area contributed by atoms with Gasteiger partial charge in [-0.2, -0.15) is 4.57 Å². The van der Waals surface area contributed by atoms with Crippen molar-refractivity contribution in [3.8, 4) is 0 Å². The third-order valence-electron chi connectivity index (χ3n) is 9.86. The molecule has 20 heteroatoms. The minimum Gasteiger partial charge on any atom is -0.543 e. The van der Waals surface area contributed by atoms with Crippen LogP contribution >= 0.6 is 34.7 Å². The number of halogens is 1. The van der Waals surface area contributed by atoms with Crippen LogP contribution in [-0.2, 0) is 37.1 Å². The number of nitrogens with zero attached hydrogens (tertiary/aromatic N) is 5. The lowest BCUT2D eigenvalue weighted by Crippen LogP contribution is -2.71. The maximum absolute atomic E-state index is 13.6. The lowest BCUT2D eigenvalue weighted by molar-refractivity contribution is -0.663. The highest BCUT2D eigenvalue weighted by Gasteiger charge is 2.53. The summed E-state index contributed by atoms with van der Waals surface area (Å²) in [5, 5.41) is 42.8. The number of amidine groups is 1. The van der Waals surface area contributed by atoms with Crippen molar-refractivity contribution in [3.05, 3.63) is 87.3 Å². The highest BCUT2D eigenvalue weighted by molar-refractivity contribution is 8.00. The molecule has 0 saturated carbocycles. The van der Waals surface area contributed by atoms with Crippen LogP contribution in [0.15, 0.2) is 71.3 Å². The van der Waals surface area contributed by atoms with Gasteiger partial charge in [-0.3, -0.25) is 19.9 Å². The molecule has 17 nitrogen and oxygen atoms in total. The van der Waals surface area contributed by atoms with Crippen LogP contribution < -0.4 is 31.4 Å². The Morgan fingerprint density at radius 2 is 2.00 bits per heavy atom. The second kappa shape index (κ2) is 16.2. The molecule has 7 rings (SSSR count). The quantitative estimate of drug-likeness (QED) is 0.0364. The molecule has 2 amide bonds. The normalized spacial score (nSPS) is 19.8. The molecule has 0 radical (unpaired) electrons. The highest BCUT2D eigenvalue weighted by Crippen LogP contribution is 2.40. The van der Waals surface area contributed by atoms with Gasteiger partial charge < -0.3 is 46.1 Å². The number of carboxylic acids is 2. The highest BCUT2D eigenvalue weighted by atomic mass is 35.5. The molecule has 3 aliphatic rings. The molecular formula is C37H39ClN10O7S2. The zero-order valence-electron chi connectivity index (χ0n) is 30.8. The lowest BCUT2D eigenvalue weighted by atomic mass is 10.0. The van der Waals surface area contributed by atoms with Gasteiger partial charge in [0.2, 0.25) is 11.1 Å². The number of pyridine rings is 1. The Balaban J connectivity index is 1.06. The number of hydrogen-bond donors (Lipinski definition) is 6. The van der Waals surface area contributed by atoms with Crippen molar-refractivity contribution in [2.45, 2.75) is 62.8 Å². The Morgan fingerprint density at radius 3 is 2.67 bits per heavy atom. The van der Waals surface area contributed by atoms with Crippen molar-refractivity contribution >= 4 is 86.2 Å². The van der Waals surface area contributed by atoms with Crippen LogP contribution in [0.5, 0.6) is 0 Å². The van der Waals surface area contributed by atoms with Gasteiger partial charge in [0.05, 0.1) is 11.7 Å². The monoisotopic (exact) mass is 834 g/mol. The number of carboxylic acid groups (broad SMARTS) is 2. The summed E-state index contributed by atoms with van der Waals surface area (Å²) in [5.41, 5.74) is 7.04. The van der Waals surface area contributed by atoms with Crippen LogP contribution in [0.1, 0.15) is 43.5 Å². The SMILES string of the molecule is CC(C)(O/N=C(\C(=O)N[C@@H]1C(=O)N2C(C(=O)[O-])=C(C[n+]3cccc4c3ccn4Cc3ccc(C(=N)NC4CCCNC4)cc3)CS[C@H]12)c1nc(N)sc1Cl)C(=O)O. The maximum atomic E-state index is 13.6. The summed E-state index contributed by atoms with van der Waals surface area (Å²) in [5.74, 6) is -3.92. The molecule has 0 bridgehead atoms. The first-order valence-electron chi connectivity index (χ1n) is 17.9. The number of hydrogen-bond acceptors (Lipinski definition) is 13. The molecular weight excluding hydrogens is 796 g/mol. The number of amides is 2. The van der Waals surface area contributed by atoms with Crippen LogP contribution in [0, 0.1) is 5.41 Å². The van der Waals surface area contributed by atoms with Crippen LogP contribution in [0.3, 0.4) is 0 Å². The Labute approximate surface area is 339 Å². The Morgan fingerprint density at radius 1 is 1.23 bits per heavy atom. The van der Waals surface area contributed by atoms with Crippen LogP contribution in [0.4, 0.5) is 5.13 Å². The number of aliphatic carboxylic acids is 2. The molecule has 2 saturated heterocycles. The minimum absolute atomic E-state index is 0.00649. The predicted octanol–water partition coefficient (Wildman–Crippen LogP) is 1.02. The number of aromatic nitrogens is 3. The number of anilines is 1. The molecule has 1 aromatic carbocycles. The number of benzene rings is 1. The Kier molecular flexibility index (Phi) is 11.3. The zero-order valence-corrected chi connectivity index (χ0v) is 33.2. The number of β-lactam (4-membered cyclic amide) rings is 1. The van der Waals surface area contributed by atoms with Crippen molar-refractivity contribution in [2.75, 3.05) is 24.6 Å². The van der Waals surface area contributed by atoms with E-state index in [1.807, 2.05) is 59.4 Å². The van der Waals surface area contributed by atoms with Gasteiger partial charge in [-0.05, 0) is 44.9 Å². The number of oxime groups is 1. The fourth-order valence-electron chi connectivity index (χ4n) is 6.79. The number of rotatable bonds is 13. The van der Waals surface area contributed by atoms with Crippen molar-refractivity contribution in [1.82, 2.24) is 30.4 Å². The van der Waals surface area contributed by atoms with E-state index in [1.54, 1.807) is 0 Å². The van der Waals surface area contributed by atoms with E-state index in [9.17, 15) is 29.4 Å². The average molecular weight is 835 g/mol. The number of carbonyl (C=O) groups excluding carboxylic acids is 3. The van der Waals surface area contributed by atoms with E-state index in [1.165, 1.54) is 25.6 Å². The van der Waals surface area contributed by atoms with Gasteiger partial charge in [-0.25, -0.2) is 9.78 Å². The van der Waals surface area contributed by atoms with E-state index in [0.717, 1.165) is 64.3 Å². The van der Waals surface area contributed by atoms with Gasteiger partial charge in [0, 0.05) is 54.4 Å². The number of carbonyl (C=O) groups is 4. The maximum Gasteiger partial charge on any atom is 0.350 e. The molecule has 4 aromatic rings. The first-order valence-corrected chi connectivity index (χ1v) is 20.2. The number of nitrogens with one attached hydrogen (secondary N) is 4.